The first-order chi connectivity index (χ1) is 10.0. The Morgan fingerprint density at radius 1 is 1.48 bits per heavy atom. The molecule has 1 heterocycles. The lowest BCUT2D eigenvalue weighted by Gasteiger charge is -2.23. The van der Waals surface area contributed by atoms with Crippen LogP contribution in [0.1, 0.15) is 6.42 Å². The van der Waals surface area contributed by atoms with Crippen molar-refractivity contribution in [2.45, 2.75) is 12.5 Å². The van der Waals surface area contributed by atoms with Crippen molar-refractivity contribution in [2.24, 2.45) is 5.92 Å². The Morgan fingerprint density at radius 3 is 2.95 bits per heavy atom. The molecule has 0 bridgehead atoms. The van der Waals surface area contributed by atoms with E-state index in [0.29, 0.717) is 28.3 Å². The molecule has 0 spiro atoms. The van der Waals surface area contributed by atoms with Gasteiger partial charge in [-0.1, -0.05) is 23.2 Å². The Morgan fingerprint density at radius 2 is 2.29 bits per heavy atom. The summed E-state index contributed by atoms with van der Waals surface area (Å²) in [6.45, 7) is 3.35. The molecule has 2 atom stereocenters. The van der Waals surface area contributed by atoms with Gasteiger partial charge >= 0.3 is 0 Å². The maximum absolute atomic E-state index is 10.0. The van der Waals surface area contributed by atoms with Gasteiger partial charge in [0.2, 0.25) is 0 Å². The topological polar surface area (TPSA) is 41.9 Å². The van der Waals surface area contributed by atoms with Crippen LogP contribution in [0.3, 0.4) is 0 Å². The molecule has 0 aliphatic carbocycles. The number of hydrogen-bond acceptors (Lipinski definition) is 4. The van der Waals surface area contributed by atoms with Gasteiger partial charge in [0.25, 0.3) is 0 Å². The average molecular weight is 334 g/mol. The zero-order chi connectivity index (χ0) is 15.2. The second kappa shape index (κ2) is 8.20. The molecular weight excluding hydrogens is 313 g/mol. The predicted octanol–water partition coefficient (Wildman–Crippen LogP) is 2.70. The van der Waals surface area contributed by atoms with Crippen LogP contribution in [0.25, 0.3) is 0 Å². The van der Waals surface area contributed by atoms with E-state index in [9.17, 15) is 5.11 Å². The highest BCUT2D eigenvalue weighted by Crippen LogP contribution is 2.27. The molecule has 1 saturated heterocycles. The summed E-state index contributed by atoms with van der Waals surface area (Å²) in [4.78, 5) is 2.11. The molecule has 2 rings (SSSR count). The van der Waals surface area contributed by atoms with Gasteiger partial charge in [0.15, 0.2) is 0 Å². The van der Waals surface area contributed by atoms with Crippen molar-refractivity contribution in [3.63, 3.8) is 0 Å². The summed E-state index contributed by atoms with van der Waals surface area (Å²) < 4.78 is 10.9. The fourth-order valence-electron chi connectivity index (χ4n) is 2.43. The van der Waals surface area contributed by atoms with Gasteiger partial charge in [-0.05, 0) is 37.6 Å². The third kappa shape index (κ3) is 5.64. The standard InChI is InChI=1S/C15H21Cl2NO3/c1-18(7-11-4-5-20-9-11)8-13(19)10-21-15-3-2-12(16)6-14(15)17/h2-3,6,11,13,19H,4-5,7-10H2,1H3. The van der Waals surface area contributed by atoms with Crippen LogP contribution in [0.4, 0.5) is 0 Å². The van der Waals surface area contributed by atoms with Crippen molar-refractivity contribution in [3.8, 4) is 5.75 Å². The van der Waals surface area contributed by atoms with Gasteiger partial charge in [-0.3, -0.25) is 0 Å². The van der Waals surface area contributed by atoms with E-state index in [1.165, 1.54) is 0 Å². The monoisotopic (exact) mass is 333 g/mol. The number of rotatable bonds is 7. The maximum Gasteiger partial charge on any atom is 0.138 e. The van der Waals surface area contributed by atoms with E-state index in [-0.39, 0.29) is 6.61 Å². The van der Waals surface area contributed by atoms with Gasteiger partial charge in [0, 0.05) is 24.7 Å². The normalized spacial score (nSPS) is 20.0. The quantitative estimate of drug-likeness (QED) is 0.833. The minimum Gasteiger partial charge on any atom is -0.489 e. The second-order valence-electron chi connectivity index (χ2n) is 5.49. The highest BCUT2D eigenvalue weighted by atomic mass is 35.5. The molecule has 1 aromatic rings. The number of hydrogen-bond donors (Lipinski definition) is 1. The third-order valence-electron chi connectivity index (χ3n) is 3.44. The van der Waals surface area contributed by atoms with Gasteiger partial charge in [-0.15, -0.1) is 0 Å². The summed E-state index contributed by atoms with van der Waals surface area (Å²) in [5.74, 6) is 1.10. The Labute approximate surface area is 135 Å². The van der Waals surface area contributed by atoms with Crippen molar-refractivity contribution < 1.29 is 14.6 Å². The molecule has 1 aliphatic rings. The Balaban J connectivity index is 1.72. The van der Waals surface area contributed by atoms with E-state index in [4.69, 9.17) is 32.7 Å². The highest BCUT2D eigenvalue weighted by Gasteiger charge is 2.19. The fraction of sp³-hybridized carbons (Fsp3) is 0.600. The van der Waals surface area contributed by atoms with E-state index >= 15 is 0 Å². The van der Waals surface area contributed by atoms with Crippen molar-refractivity contribution in [1.82, 2.24) is 4.90 Å². The van der Waals surface area contributed by atoms with E-state index in [1.807, 2.05) is 7.05 Å². The van der Waals surface area contributed by atoms with Gasteiger partial charge in [-0.25, -0.2) is 0 Å². The number of halogens is 2. The summed E-state index contributed by atoms with van der Waals surface area (Å²) in [6.07, 6.45) is 0.529. The minimum absolute atomic E-state index is 0.201. The fourth-order valence-corrected chi connectivity index (χ4v) is 2.90. The molecule has 0 aromatic heterocycles. The van der Waals surface area contributed by atoms with Gasteiger partial charge < -0.3 is 19.5 Å². The number of nitrogens with zero attached hydrogens (tertiary/aromatic N) is 1. The summed E-state index contributed by atoms with van der Waals surface area (Å²) in [5, 5.41) is 11.0. The van der Waals surface area contributed by atoms with Crippen LogP contribution in [0.2, 0.25) is 10.0 Å². The molecule has 1 aliphatic heterocycles. The van der Waals surface area contributed by atoms with E-state index < -0.39 is 6.10 Å². The predicted molar refractivity (Wildman–Crippen MR) is 84.4 cm³/mol. The first-order valence-corrected chi connectivity index (χ1v) is 7.82. The molecular formula is C15H21Cl2NO3. The molecule has 1 aromatic carbocycles. The van der Waals surface area contributed by atoms with Crippen LogP contribution in [0.15, 0.2) is 18.2 Å². The maximum atomic E-state index is 10.0. The van der Waals surface area contributed by atoms with Crippen molar-refractivity contribution in [3.05, 3.63) is 28.2 Å². The largest absolute Gasteiger partial charge is 0.489 e. The van der Waals surface area contributed by atoms with Crippen molar-refractivity contribution in [1.29, 1.82) is 0 Å². The van der Waals surface area contributed by atoms with Crippen LogP contribution in [0.5, 0.6) is 5.75 Å². The molecule has 1 fully saturated rings. The summed E-state index contributed by atoms with van der Waals surface area (Å²) >= 11 is 11.8. The van der Waals surface area contributed by atoms with Crippen LogP contribution in [0, 0.1) is 5.92 Å². The highest BCUT2D eigenvalue weighted by molar-refractivity contribution is 6.35. The van der Waals surface area contributed by atoms with Crippen LogP contribution in [-0.2, 0) is 4.74 Å². The molecule has 118 valence electrons. The number of ether oxygens (including phenoxy) is 2. The smallest absolute Gasteiger partial charge is 0.138 e. The van der Waals surface area contributed by atoms with E-state index in [1.54, 1.807) is 18.2 Å². The Kier molecular flexibility index (Phi) is 6.58. The molecule has 0 amide bonds. The molecule has 6 heteroatoms. The number of likely N-dealkylation sites (N-methyl/N-ethyl adjacent to an activating group) is 1. The summed E-state index contributed by atoms with van der Waals surface area (Å²) in [6, 6.07) is 5.04. The molecule has 4 nitrogen and oxygen atoms in total. The third-order valence-corrected chi connectivity index (χ3v) is 3.97. The van der Waals surface area contributed by atoms with Crippen LogP contribution in [-0.4, -0.2) is 56.1 Å². The zero-order valence-corrected chi connectivity index (χ0v) is 13.6. The Bertz CT molecular complexity index is 453. The molecule has 21 heavy (non-hydrogen) atoms. The minimum atomic E-state index is -0.566. The summed E-state index contributed by atoms with van der Waals surface area (Å²) in [7, 11) is 2.00. The average Bonchev–Trinajstić information content (AvgIpc) is 2.90. The summed E-state index contributed by atoms with van der Waals surface area (Å²) in [5.41, 5.74) is 0. The zero-order valence-electron chi connectivity index (χ0n) is 12.1. The van der Waals surface area contributed by atoms with Crippen LogP contribution < -0.4 is 4.74 Å². The number of benzene rings is 1. The first kappa shape index (κ1) is 16.8. The Hall–Kier alpha value is -0.520. The van der Waals surface area contributed by atoms with E-state index in [2.05, 4.69) is 4.90 Å². The van der Waals surface area contributed by atoms with Crippen molar-refractivity contribution in [2.75, 3.05) is 40.0 Å². The number of aliphatic hydroxyl groups excluding tert-OH is 1. The number of aliphatic hydroxyl groups is 1. The lowest BCUT2D eigenvalue weighted by molar-refractivity contribution is 0.0705. The first-order valence-electron chi connectivity index (χ1n) is 7.07. The van der Waals surface area contributed by atoms with Gasteiger partial charge in [0.05, 0.1) is 11.6 Å². The second-order valence-corrected chi connectivity index (χ2v) is 6.33. The van der Waals surface area contributed by atoms with Crippen LogP contribution >= 0.6 is 23.2 Å². The SMILES string of the molecule is CN(CC(O)COc1ccc(Cl)cc1Cl)CC1CCOC1. The van der Waals surface area contributed by atoms with Gasteiger partial charge in [0.1, 0.15) is 18.5 Å². The molecule has 1 N–H and O–H groups in total. The molecule has 0 saturated carbocycles. The van der Waals surface area contributed by atoms with Crippen molar-refractivity contribution >= 4 is 23.2 Å². The lowest BCUT2D eigenvalue weighted by Crippen LogP contribution is -2.36. The molecule has 0 radical (unpaired) electrons. The lowest BCUT2D eigenvalue weighted by atomic mass is 10.1. The van der Waals surface area contributed by atoms with Gasteiger partial charge in [-0.2, -0.15) is 0 Å². The van der Waals surface area contributed by atoms with E-state index in [0.717, 1.165) is 26.2 Å². The molecule has 2 unspecified atom stereocenters.